The number of hydrogen-bond acceptors (Lipinski definition) is 4. The van der Waals surface area contributed by atoms with Gasteiger partial charge in [0.05, 0.1) is 11.6 Å². The van der Waals surface area contributed by atoms with E-state index < -0.39 is 0 Å². The fourth-order valence-corrected chi connectivity index (χ4v) is 10.1. The van der Waals surface area contributed by atoms with Crippen molar-refractivity contribution >= 4 is 37.9 Å². The first-order valence-corrected chi connectivity index (χ1v) is 21.7. The molecule has 2 aliphatic rings. The lowest BCUT2D eigenvalue weighted by atomic mass is 9.81. The molecular formula is C59H40N4. The molecule has 0 unspecified atom stereocenters. The summed E-state index contributed by atoms with van der Waals surface area (Å²) in [6, 6.07) is 60.9. The molecule has 0 spiro atoms. The second kappa shape index (κ2) is 14.3. The highest BCUT2D eigenvalue weighted by Gasteiger charge is 2.36. The maximum absolute atomic E-state index is 9.92. The van der Waals surface area contributed by atoms with Crippen LogP contribution in [0.15, 0.2) is 182 Å². The van der Waals surface area contributed by atoms with E-state index in [9.17, 15) is 5.26 Å². The smallest absolute Gasteiger partial charge is 0.164 e. The van der Waals surface area contributed by atoms with Crippen molar-refractivity contribution in [3.63, 3.8) is 0 Å². The number of nitrogens with zero attached hydrogens (tertiary/aromatic N) is 4. The summed E-state index contributed by atoms with van der Waals surface area (Å²) in [4.78, 5) is 15.3. The van der Waals surface area contributed by atoms with Gasteiger partial charge in [-0.05, 0) is 126 Å². The summed E-state index contributed by atoms with van der Waals surface area (Å²) in [5, 5.41) is 16.9. The number of fused-ring (bicyclic) bond motifs is 3. The van der Waals surface area contributed by atoms with Crippen LogP contribution in [0.3, 0.4) is 0 Å². The van der Waals surface area contributed by atoms with Crippen LogP contribution in [0.25, 0.3) is 105 Å². The Morgan fingerprint density at radius 2 is 1.08 bits per heavy atom. The minimum Gasteiger partial charge on any atom is -0.208 e. The van der Waals surface area contributed by atoms with Crippen molar-refractivity contribution in [2.45, 2.75) is 32.1 Å². The third-order valence-electron chi connectivity index (χ3n) is 13.4. The van der Waals surface area contributed by atoms with Crippen LogP contribution in [-0.2, 0) is 5.41 Å². The number of rotatable bonds is 6. The number of hydrogen-bond donors (Lipinski definition) is 0. The number of allylic oxidation sites excluding steroid dienone is 4. The minimum atomic E-state index is -0.195. The Labute approximate surface area is 366 Å². The molecule has 0 bridgehead atoms. The van der Waals surface area contributed by atoms with Crippen molar-refractivity contribution in [2.24, 2.45) is 0 Å². The third-order valence-corrected chi connectivity index (χ3v) is 13.4. The van der Waals surface area contributed by atoms with Gasteiger partial charge in [-0.2, -0.15) is 5.26 Å². The zero-order valence-electron chi connectivity index (χ0n) is 35.0. The summed E-state index contributed by atoms with van der Waals surface area (Å²) in [6.45, 7) is 4.68. The normalized spacial score (nSPS) is 13.9. The summed E-state index contributed by atoms with van der Waals surface area (Å²) in [7, 11) is 0. The number of benzene rings is 9. The fourth-order valence-electron chi connectivity index (χ4n) is 10.1. The van der Waals surface area contributed by atoms with Gasteiger partial charge in [0.25, 0.3) is 0 Å². The maximum Gasteiger partial charge on any atom is 0.164 e. The van der Waals surface area contributed by atoms with E-state index in [0.29, 0.717) is 23.0 Å². The van der Waals surface area contributed by atoms with Crippen LogP contribution in [0.1, 0.15) is 48.9 Å². The predicted molar refractivity (Wildman–Crippen MR) is 259 cm³/mol. The van der Waals surface area contributed by atoms with Gasteiger partial charge in [0.1, 0.15) is 0 Å². The second-order valence-electron chi connectivity index (χ2n) is 17.4. The highest BCUT2D eigenvalue weighted by molar-refractivity contribution is 6.26. The molecule has 12 rings (SSSR count). The lowest BCUT2D eigenvalue weighted by molar-refractivity contribution is 0.660. The zero-order chi connectivity index (χ0) is 42.2. The van der Waals surface area contributed by atoms with Gasteiger partial charge in [0, 0.05) is 27.5 Å². The summed E-state index contributed by atoms with van der Waals surface area (Å²) < 4.78 is 0. The largest absolute Gasteiger partial charge is 0.208 e. The van der Waals surface area contributed by atoms with E-state index in [0.717, 1.165) is 51.4 Å². The van der Waals surface area contributed by atoms with Crippen molar-refractivity contribution in [2.75, 3.05) is 0 Å². The molecule has 0 saturated heterocycles. The SMILES string of the molecule is CC1(C)c2ccc(-c3ccc4ccc5c(C#N)ccc6ccc3c4c65)cc2-c2ccc(-c3cccc(-c4nc(-c5ccccc5)nc(-c5cccc(C6=CC=CCC6)c5)n4)c3)cc21. The molecule has 2 aliphatic carbocycles. The van der Waals surface area contributed by atoms with Crippen molar-refractivity contribution in [3.05, 3.63) is 204 Å². The van der Waals surface area contributed by atoms with Crippen LogP contribution >= 0.6 is 0 Å². The van der Waals surface area contributed by atoms with Gasteiger partial charge < -0.3 is 0 Å². The van der Waals surface area contributed by atoms with E-state index in [4.69, 9.17) is 15.0 Å². The molecule has 0 amide bonds. The van der Waals surface area contributed by atoms with Crippen molar-refractivity contribution in [3.8, 4) is 73.6 Å². The highest BCUT2D eigenvalue weighted by atomic mass is 15.0. The highest BCUT2D eigenvalue weighted by Crippen LogP contribution is 2.51. The van der Waals surface area contributed by atoms with Crippen molar-refractivity contribution in [1.82, 2.24) is 15.0 Å². The molecule has 0 radical (unpaired) electrons. The van der Waals surface area contributed by atoms with E-state index in [1.165, 1.54) is 66.1 Å². The van der Waals surface area contributed by atoms with E-state index in [2.05, 4.69) is 178 Å². The first-order chi connectivity index (χ1) is 30.9. The first kappa shape index (κ1) is 36.8. The Morgan fingerprint density at radius 1 is 0.476 bits per heavy atom. The van der Waals surface area contributed by atoms with E-state index in [-0.39, 0.29) is 5.41 Å². The Morgan fingerprint density at radius 3 is 1.83 bits per heavy atom. The molecule has 0 fully saturated rings. The zero-order valence-corrected chi connectivity index (χ0v) is 35.0. The average molecular weight is 805 g/mol. The van der Waals surface area contributed by atoms with Crippen molar-refractivity contribution < 1.29 is 0 Å². The van der Waals surface area contributed by atoms with Crippen molar-refractivity contribution in [1.29, 1.82) is 5.26 Å². The summed E-state index contributed by atoms with van der Waals surface area (Å²) in [5.41, 5.74) is 15.7. The lowest BCUT2D eigenvalue weighted by Crippen LogP contribution is -2.15. The molecule has 0 N–H and O–H groups in total. The van der Waals surface area contributed by atoms with E-state index >= 15 is 0 Å². The van der Waals surface area contributed by atoms with E-state index in [1.807, 2.05) is 24.3 Å². The monoisotopic (exact) mass is 804 g/mol. The van der Waals surface area contributed by atoms with Crippen LogP contribution in [0, 0.1) is 11.3 Å². The Bertz CT molecular complexity index is 3600. The topological polar surface area (TPSA) is 62.5 Å². The predicted octanol–water partition coefficient (Wildman–Crippen LogP) is 15.0. The van der Waals surface area contributed by atoms with Crippen LogP contribution < -0.4 is 0 Å². The molecule has 0 saturated carbocycles. The molecule has 1 aromatic heterocycles. The van der Waals surface area contributed by atoms with Gasteiger partial charge in [-0.3, -0.25) is 0 Å². The quantitative estimate of drug-likeness (QED) is 0.157. The standard InChI is InChI=1S/C59H40N4/c1-59(2)52-30-25-43(47-26-21-38-22-27-48-46(35-60)20-19-37-23-29-50(47)55(38)54(37)48)33-51(52)49-28-24-42(34-53(49)59)41-16-10-18-45(32-41)58-62-56(39-13-7-4-8-14-39)61-57(63-58)44-17-9-15-40(31-44)36-11-5-3-6-12-36/h3-5,7-11,13-34H,6,12H2,1-2H3. The van der Waals surface area contributed by atoms with Gasteiger partial charge in [-0.1, -0.05) is 166 Å². The molecule has 1 heterocycles. The lowest BCUT2D eigenvalue weighted by Gasteiger charge is -2.22. The Hall–Kier alpha value is -8.00. The molecule has 9 aromatic carbocycles. The molecule has 4 heteroatoms. The molecule has 4 nitrogen and oxygen atoms in total. The van der Waals surface area contributed by atoms with Crippen LogP contribution in [0.5, 0.6) is 0 Å². The molecule has 0 aliphatic heterocycles. The number of nitriles is 1. The summed E-state index contributed by atoms with van der Waals surface area (Å²) in [6.07, 6.45) is 8.64. The third kappa shape index (κ3) is 6.00. The van der Waals surface area contributed by atoms with Gasteiger partial charge in [0.15, 0.2) is 17.5 Å². The summed E-state index contributed by atoms with van der Waals surface area (Å²) >= 11 is 0. The first-order valence-electron chi connectivity index (χ1n) is 21.7. The minimum absolute atomic E-state index is 0.195. The Balaban J connectivity index is 0.928. The van der Waals surface area contributed by atoms with E-state index in [1.54, 1.807) is 0 Å². The van der Waals surface area contributed by atoms with Gasteiger partial charge in [-0.25, -0.2) is 15.0 Å². The van der Waals surface area contributed by atoms with Gasteiger partial charge in [-0.15, -0.1) is 0 Å². The second-order valence-corrected chi connectivity index (χ2v) is 17.4. The molecule has 63 heavy (non-hydrogen) atoms. The fraction of sp³-hybridized carbons (Fsp3) is 0.0847. The summed E-state index contributed by atoms with van der Waals surface area (Å²) in [5.74, 6) is 1.95. The van der Waals surface area contributed by atoms with Crippen LogP contribution in [0.2, 0.25) is 0 Å². The molecule has 0 atom stereocenters. The molecule has 296 valence electrons. The molecule has 10 aromatic rings. The van der Waals surface area contributed by atoms with Crippen LogP contribution in [-0.4, -0.2) is 15.0 Å². The van der Waals surface area contributed by atoms with Crippen LogP contribution in [0.4, 0.5) is 0 Å². The Kier molecular flexibility index (Phi) is 8.36. The maximum atomic E-state index is 9.92. The van der Waals surface area contributed by atoms with Gasteiger partial charge in [0.2, 0.25) is 0 Å². The number of aromatic nitrogens is 3. The average Bonchev–Trinajstić information content (AvgIpc) is 3.58. The van der Waals surface area contributed by atoms with Gasteiger partial charge >= 0.3 is 0 Å². The molecular weight excluding hydrogens is 765 g/mol.